The highest BCUT2D eigenvalue weighted by Crippen LogP contribution is 2.26. The second kappa shape index (κ2) is 4.82. The van der Waals surface area contributed by atoms with Crippen molar-refractivity contribution in [1.82, 2.24) is 10.3 Å². The molecule has 2 aromatic rings. The normalized spacial score (nSPS) is 14.8. The summed E-state index contributed by atoms with van der Waals surface area (Å²) in [5.74, 6) is 0. The van der Waals surface area contributed by atoms with Crippen LogP contribution in [0.25, 0.3) is 10.9 Å². The standard InChI is InChI=1S/C14H18N2O/c1-14(17,7-9-15-2)12-5-6-13-11(10-12)4-3-8-16-13/h3-6,8,10,15,17H,7,9H2,1-2H3. The Hall–Kier alpha value is -1.45. The molecule has 2 rings (SSSR count). The second-order valence-corrected chi connectivity index (χ2v) is 4.54. The summed E-state index contributed by atoms with van der Waals surface area (Å²) in [5, 5.41) is 14.5. The van der Waals surface area contributed by atoms with Crippen LogP contribution in [-0.4, -0.2) is 23.7 Å². The molecule has 2 N–H and O–H groups in total. The van der Waals surface area contributed by atoms with Crippen LogP contribution in [0.15, 0.2) is 36.5 Å². The van der Waals surface area contributed by atoms with Crippen molar-refractivity contribution in [3.63, 3.8) is 0 Å². The maximum Gasteiger partial charge on any atom is 0.0880 e. The van der Waals surface area contributed by atoms with E-state index in [0.29, 0.717) is 6.42 Å². The lowest BCUT2D eigenvalue weighted by Crippen LogP contribution is -2.26. The van der Waals surface area contributed by atoms with Crippen LogP contribution in [0, 0.1) is 0 Å². The van der Waals surface area contributed by atoms with E-state index < -0.39 is 5.60 Å². The highest BCUT2D eigenvalue weighted by Gasteiger charge is 2.22. The number of pyridine rings is 1. The number of fused-ring (bicyclic) bond motifs is 1. The smallest absolute Gasteiger partial charge is 0.0880 e. The van der Waals surface area contributed by atoms with Gasteiger partial charge in [0, 0.05) is 11.6 Å². The number of nitrogens with zero attached hydrogens (tertiary/aromatic N) is 1. The maximum atomic E-state index is 10.4. The molecule has 1 aromatic carbocycles. The summed E-state index contributed by atoms with van der Waals surface area (Å²) in [5.41, 5.74) is 1.10. The highest BCUT2D eigenvalue weighted by molar-refractivity contribution is 5.79. The third kappa shape index (κ3) is 2.62. The number of hydrogen-bond acceptors (Lipinski definition) is 3. The Morgan fingerprint density at radius 1 is 1.35 bits per heavy atom. The van der Waals surface area contributed by atoms with E-state index in [1.807, 2.05) is 44.3 Å². The van der Waals surface area contributed by atoms with E-state index in [1.54, 1.807) is 6.20 Å². The molecule has 1 atom stereocenters. The molecule has 0 amide bonds. The van der Waals surface area contributed by atoms with Crippen molar-refractivity contribution >= 4 is 10.9 Å². The lowest BCUT2D eigenvalue weighted by Gasteiger charge is -2.24. The Balaban J connectivity index is 2.35. The van der Waals surface area contributed by atoms with E-state index in [9.17, 15) is 5.11 Å². The third-order valence-corrected chi connectivity index (χ3v) is 3.09. The Kier molecular flexibility index (Phi) is 3.41. The number of rotatable bonds is 4. The van der Waals surface area contributed by atoms with Crippen molar-refractivity contribution in [2.24, 2.45) is 0 Å². The van der Waals surface area contributed by atoms with Gasteiger partial charge >= 0.3 is 0 Å². The van der Waals surface area contributed by atoms with Crippen LogP contribution in [0.2, 0.25) is 0 Å². The zero-order valence-electron chi connectivity index (χ0n) is 10.3. The average molecular weight is 230 g/mol. The third-order valence-electron chi connectivity index (χ3n) is 3.09. The average Bonchev–Trinajstić information content (AvgIpc) is 2.36. The molecule has 0 aliphatic heterocycles. The Morgan fingerprint density at radius 3 is 2.94 bits per heavy atom. The van der Waals surface area contributed by atoms with Crippen molar-refractivity contribution in [2.75, 3.05) is 13.6 Å². The Bertz CT molecular complexity index is 508. The molecule has 0 bridgehead atoms. The predicted molar refractivity (Wildman–Crippen MR) is 69.9 cm³/mol. The van der Waals surface area contributed by atoms with Crippen molar-refractivity contribution in [2.45, 2.75) is 18.9 Å². The molecule has 90 valence electrons. The number of benzene rings is 1. The first-order valence-electron chi connectivity index (χ1n) is 5.86. The molecule has 3 heteroatoms. The molecule has 0 spiro atoms. The van der Waals surface area contributed by atoms with Crippen LogP contribution >= 0.6 is 0 Å². The predicted octanol–water partition coefficient (Wildman–Crippen LogP) is 2.05. The SMILES string of the molecule is CNCCC(C)(O)c1ccc2ncccc2c1. The van der Waals surface area contributed by atoms with E-state index in [0.717, 1.165) is 23.0 Å². The fourth-order valence-corrected chi connectivity index (χ4v) is 1.92. The van der Waals surface area contributed by atoms with Crippen LogP contribution in [-0.2, 0) is 5.60 Å². The van der Waals surface area contributed by atoms with E-state index in [4.69, 9.17) is 0 Å². The van der Waals surface area contributed by atoms with Crippen LogP contribution in [0.4, 0.5) is 0 Å². The van der Waals surface area contributed by atoms with Crippen molar-refractivity contribution in [3.05, 3.63) is 42.1 Å². The summed E-state index contributed by atoms with van der Waals surface area (Å²) in [4.78, 5) is 4.27. The largest absolute Gasteiger partial charge is 0.385 e. The van der Waals surface area contributed by atoms with Gasteiger partial charge in [-0.3, -0.25) is 4.98 Å². The monoisotopic (exact) mass is 230 g/mol. The van der Waals surface area contributed by atoms with Gasteiger partial charge in [-0.1, -0.05) is 12.1 Å². The summed E-state index contributed by atoms with van der Waals surface area (Å²) in [6.07, 6.45) is 2.47. The van der Waals surface area contributed by atoms with E-state index in [2.05, 4.69) is 10.3 Å². The summed E-state index contributed by atoms with van der Waals surface area (Å²) in [6.45, 7) is 2.64. The zero-order valence-corrected chi connectivity index (χ0v) is 10.3. The summed E-state index contributed by atoms with van der Waals surface area (Å²) < 4.78 is 0. The topological polar surface area (TPSA) is 45.1 Å². The molecule has 1 heterocycles. The van der Waals surface area contributed by atoms with Gasteiger partial charge in [0.15, 0.2) is 0 Å². The lowest BCUT2D eigenvalue weighted by molar-refractivity contribution is 0.0487. The zero-order chi connectivity index (χ0) is 12.3. The molecule has 0 saturated carbocycles. The van der Waals surface area contributed by atoms with Crippen LogP contribution < -0.4 is 5.32 Å². The molecular weight excluding hydrogens is 212 g/mol. The van der Waals surface area contributed by atoms with Gasteiger partial charge in [-0.15, -0.1) is 0 Å². The number of aromatic nitrogens is 1. The van der Waals surface area contributed by atoms with Gasteiger partial charge in [-0.05, 0) is 50.7 Å². The molecule has 1 unspecified atom stereocenters. The van der Waals surface area contributed by atoms with Crippen molar-refractivity contribution < 1.29 is 5.11 Å². The first kappa shape index (κ1) is 12.0. The molecule has 3 nitrogen and oxygen atoms in total. The minimum absolute atomic E-state index is 0.690. The minimum atomic E-state index is -0.799. The van der Waals surface area contributed by atoms with Crippen LogP contribution in [0.5, 0.6) is 0 Å². The Morgan fingerprint density at radius 2 is 2.18 bits per heavy atom. The fourth-order valence-electron chi connectivity index (χ4n) is 1.92. The van der Waals surface area contributed by atoms with Gasteiger partial charge in [-0.25, -0.2) is 0 Å². The number of nitrogens with one attached hydrogen (secondary N) is 1. The first-order valence-corrected chi connectivity index (χ1v) is 5.86. The molecular formula is C14H18N2O. The quantitative estimate of drug-likeness (QED) is 0.845. The number of aliphatic hydroxyl groups is 1. The van der Waals surface area contributed by atoms with Gasteiger partial charge in [0.05, 0.1) is 11.1 Å². The summed E-state index contributed by atoms with van der Waals surface area (Å²) >= 11 is 0. The lowest BCUT2D eigenvalue weighted by atomic mass is 9.91. The van der Waals surface area contributed by atoms with Gasteiger partial charge in [0.2, 0.25) is 0 Å². The van der Waals surface area contributed by atoms with Gasteiger partial charge < -0.3 is 10.4 Å². The van der Waals surface area contributed by atoms with Crippen LogP contribution in [0.3, 0.4) is 0 Å². The van der Waals surface area contributed by atoms with E-state index in [-0.39, 0.29) is 0 Å². The van der Waals surface area contributed by atoms with Gasteiger partial charge in [-0.2, -0.15) is 0 Å². The van der Waals surface area contributed by atoms with Gasteiger partial charge in [0.25, 0.3) is 0 Å². The summed E-state index contributed by atoms with van der Waals surface area (Å²) in [7, 11) is 1.89. The van der Waals surface area contributed by atoms with Crippen molar-refractivity contribution in [3.8, 4) is 0 Å². The molecule has 0 aliphatic carbocycles. The molecule has 0 fully saturated rings. The van der Waals surface area contributed by atoms with Crippen molar-refractivity contribution in [1.29, 1.82) is 0 Å². The van der Waals surface area contributed by atoms with Gasteiger partial charge in [0.1, 0.15) is 0 Å². The highest BCUT2D eigenvalue weighted by atomic mass is 16.3. The minimum Gasteiger partial charge on any atom is -0.385 e. The maximum absolute atomic E-state index is 10.4. The van der Waals surface area contributed by atoms with E-state index >= 15 is 0 Å². The molecule has 0 radical (unpaired) electrons. The first-order chi connectivity index (χ1) is 8.13. The Labute approximate surface area is 102 Å². The molecule has 1 aromatic heterocycles. The fraction of sp³-hybridized carbons (Fsp3) is 0.357. The van der Waals surface area contributed by atoms with Crippen LogP contribution in [0.1, 0.15) is 18.9 Å². The van der Waals surface area contributed by atoms with E-state index in [1.165, 1.54) is 0 Å². The molecule has 0 saturated heterocycles. The summed E-state index contributed by atoms with van der Waals surface area (Å²) in [6, 6.07) is 9.84. The number of hydrogen-bond donors (Lipinski definition) is 2. The molecule has 17 heavy (non-hydrogen) atoms. The second-order valence-electron chi connectivity index (χ2n) is 4.54. The molecule has 0 aliphatic rings.